The summed E-state index contributed by atoms with van der Waals surface area (Å²) in [4.78, 5) is 20.0. The summed E-state index contributed by atoms with van der Waals surface area (Å²) in [5, 5.41) is 0.402. The number of halogens is 2. The van der Waals surface area contributed by atoms with E-state index in [-0.39, 0.29) is 5.56 Å². The zero-order valence-electron chi connectivity index (χ0n) is 9.02. The second-order valence-corrected chi connectivity index (χ2v) is 4.71. The maximum atomic E-state index is 11.9. The maximum Gasteiger partial charge on any atom is 0.268 e. The Morgan fingerprint density at radius 1 is 1.47 bits per heavy atom. The molecule has 2 aromatic heterocycles. The van der Waals surface area contributed by atoms with Gasteiger partial charge in [0, 0.05) is 18.0 Å². The van der Waals surface area contributed by atoms with Crippen molar-refractivity contribution in [2.75, 3.05) is 0 Å². The Morgan fingerprint density at radius 3 is 2.94 bits per heavy atom. The van der Waals surface area contributed by atoms with Crippen LogP contribution < -0.4 is 5.56 Å². The molecule has 2 heterocycles. The molecule has 0 aromatic carbocycles. The number of aryl methyl sites for hydroxylation is 1. The number of nitrogens with zero attached hydrogens (tertiary/aromatic N) is 3. The van der Waals surface area contributed by atoms with Crippen molar-refractivity contribution in [3.8, 4) is 0 Å². The topological polar surface area (TPSA) is 47.8 Å². The summed E-state index contributed by atoms with van der Waals surface area (Å²) in [6, 6.07) is 3.62. The molecule has 0 saturated heterocycles. The molecule has 0 N–H and O–H groups in total. The summed E-state index contributed by atoms with van der Waals surface area (Å²) in [5.41, 5.74) is 0.664. The number of rotatable bonds is 2. The molecule has 17 heavy (non-hydrogen) atoms. The summed E-state index contributed by atoms with van der Waals surface area (Å²) >= 11 is 9.13. The van der Waals surface area contributed by atoms with Gasteiger partial charge < -0.3 is 0 Å². The molecule has 0 aliphatic carbocycles. The van der Waals surface area contributed by atoms with Crippen molar-refractivity contribution in [3.05, 3.63) is 55.9 Å². The molecule has 2 rings (SSSR count). The lowest BCUT2D eigenvalue weighted by Crippen LogP contribution is -2.24. The first-order chi connectivity index (χ1) is 8.09. The quantitative estimate of drug-likeness (QED) is 0.800. The molecule has 0 atom stereocenters. The van der Waals surface area contributed by atoms with Crippen LogP contribution in [-0.2, 0) is 6.54 Å². The van der Waals surface area contributed by atoms with Gasteiger partial charge >= 0.3 is 0 Å². The average Bonchev–Trinajstić information content (AvgIpc) is 2.32. The van der Waals surface area contributed by atoms with Crippen molar-refractivity contribution in [3.63, 3.8) is 0 Å². The van der Waals surface area contributed by atoms with Gasteiger partial charge in [0.15, 0.2) is 0 Å². The van der Waals surface area contributed by atoms with E-state index in [0.29, 0.717) is 22.0 Å². The van der Waals surface area contributed by atoms with Gasteiger partial charge in [-0.05, 0) is 28.9 Å². The van der Waals surface area contributed by atoms with E-state index in [1.165, 1.54) is 6.20 Å². The van der Waals surface area contributed by atoms with Gasteiger partial charge in [-0.2, -0.15) is 0 Å². The molecule has 6 heteroatoms. The minimum absolute atomic E-state index is 0.127. The van der Waals surface area contributed by atoms with Gasteiger partial charge in [0.1, 0.15) is 15.5 Å². The Balaban J connectivity index is 2.47. The van der Waals surface area contributed by atoms with Crippen LogP contribution in [0.2, 0.25) is 5.15 Å². The molecule has 0 radical (unpaired) electrons. The molecule has 0 fully saturated rings. The molecular weight excluding hydrogens is 305 g/mol. The van der Waals surface area contributed by atoms with Crippen LogP contribution in [-0.4, -0.2) is 14.5 Å². The first kappa shape index (κ1) is 12.3. The van der Waals surface area contributed by atoms with Crippen LogP contribution in [0.1, 0.15) is 11.4 Å². The van der Waals surface area contributed by atoms with Crippen molar-refractivity contribution >= 4 is 27.5 Å². The second kappa shape index (κ2) is 4.98. The average molecular weight is 315 g/mol. The Kier molecular flexibility index (Phi) is 3.59. The molecule has 0 amide bonds. The predicted molar refractivity (Wildman–Crippen MR) is 69.3 cm³/mol. The smallest absolute Gasteiger partial charge is 0.268 e. The number of hydrogen-bond donors (Lipinski definition) is 0. The molecule has 0 aliphatic heterocycles. The monoisotopic (exact) mass is 313 g/mol. The molecule has 88 valence electrons. The fraction of sp³-hybridized carbons (Fsp3) is 0.182. The normalized spacial score (nSPS) is 10.5. The van der Waals surface area contributed by atoms with Crippen LogP contribution in [0, 0.1) is 6.92 Å². The molecule has 0 aliphatic rings. The van der Waals surface area contributed by atoms with E-state index < -0.39 is 0 Å². The molecule has 4 nitrogen and oxygen atoms in total. The Bertz CT molecular complexity index is 612. The van der Waals surface area contributed by atoms with Gasteiger partial charge in [-0.25, -0.2) is 9.97 Å². The summed E-state index contributed by atoms with van der Waals surface area (Å²) in [6.07, 6.45) is 3.11. The summed E-state index contributed by atoms with van der Waals surface area (Å²) < 4.78 is 1.98. The lowest BCUT2D eigenvalue weighted by atomic mass is 10.3. The summed E-state index contributed by atoms with van der Waals surface area (Å²) in [7, 11) is 0. The predicted octanol–water partition coefficient (Wildman–Crippen LogP) is 2.41. The molecule has 0 bridgehead atoms. The molecule has 0 spiro atoms. The van der Waals surface area contributed by atoms with Crippen molar-refractivity contribution in [1.29, 1.82) is 0 Å². The fourth-order valence-electron chi connectivity index (χ4n) is 1.44. The van der Waals surface area contributed by atoms with Crippen molar-refractivity contribution < 1.29 is 0 Å². The van der Waals surface area contributed by atoms with E-state index in [0.717, 1.165) is 5.56 Å². The minimum Gasteiger partial charge on any atom is -0.291 e. The van der Waals surface area contributed by atoms with Crippen LogP contribution in [0.3, 0.4) is 0 Å². The van der Waals surface area contributed by atoms with E-state index in [1.807, 2.05) is 6.07 Å². The first-order valence-corrected chi connectivity index (χ1v) is 6.08. The maximum absolute atomic E-state index is 11.9. The van der Waals surface area contributed by atoms with Gasteiger partial charge in [0.05, 0.1) is 6.54 Å². The Labute approximate surface area is 111 Å². The minimum atomic E-state index is -0.127. The highest BCUT2D eigenvalue weighted by Crippen LogP contribution is 2.13. The summed E-state index contributed by atoms with van der Waals surface area (Å²) in [5.74, 6) is 0.637. The highest BCUT2D eigenvalue weighted by molar-refractivity contribution is 9.10. The van der Waals surface area contributed by atoms with E-state index in [1.54, 1.807) is 23.8 Å². The molecule has 0 saturated carbocycles. The first-order valence-electron chi connectivity index (χ1n) is 4.91. The molecular formula is C11H9BrClN3O. The number of hydrogen-bond acceptors (Lipinski definition) is 3. The van der Waals surface area contributed by atoms with Crippen molar-refractivity contribution in [2.45, 2.75) is 13.5 Å². The highest BCUT2D eigenvalue weighted by atomic mass is 79.9. The van der Waals surface area contributed by atoms with Crippen molar-refractivity contribution in [1.82, 2.24) is 14.5 Å². The summed E-state index contributed by atoms with van der Waals surface area (Å²) in [6.45, 7) is 2.14. The lowest BCUT2D eigenvalue weighted by Gasteiger charge is -2.09. The second-order valence-electron chi connectivity index (χ2n) is 3.50. The number of aromatic nitrogens is 3. The standard InChI is InChI=1S/C11H9BrClN3O/c1-7-15-5-9(12)11(17)16(7)6-8-3-2-4-14-10(8)13/h2-5H,6H2,1H3. The van der Waals surface area contributed by atoms with Gasteiger partial charge in [-0.1, -0.05) is 17.7 Å². The number of pyridine rings is 1. The van der Waals surface area contributed by atoms with Crippen molar-refractivity contribution in [2.24, 2.45) is 0 Å². The third-order valence-corrected chi connectivity index (χ3v) is 3.25. The SMILES string of the molecule is Cc1ncc(Br)c(=O)n1Cc1cccnc1Cl. The third-order valence-electron chi connectivity index (χ3n) is 2.37. The largest absolute Gasteiger partial charge is 0.291 e. The van der Waals surface area contributed by atoms with E-state index >= 15 is 0 Å². The van der Waals surface area contributed by atoms with Gasteiger partial charge in [0.2, 0.25) is 0 Å². The zero-order chi connectivity index (χ0) is 12.4. The van der Waals surface area contributed by atoms with E-state index in [2.05, 4.69) is 25.9 Å². The van der Waals surface area contributed by atoms with E-state index in [9.17, 15) is 4.79 Å². The van der Waals surface area contributed by atoms with Crippen LogP contribution in [0.25, 0.3) is 0 Å². The van der Waals surface area contributed by atoms with Crippen LogP contribution in [0.5, 0.6) is 0 Å². The Hall–Kier alpha value is -1.20. The third kappa shape index (κ3) is 2.56. The Morgan fingerprint density at radius 2 is 2.24 bits per heavy atom. The molecule has 0 unspecified atom stereocenters. The van der Waals surface area contributed by atoms with Gasteiger partial charge in [0.25, 0.3) is 5.56 Å². The fourth-order valence-corrected chi connectivity index (χ4v) is 1.94. The zero-order valence-corrected chi connectivity index (χ0v) is 11.4. The van der Waals surface area contributed by atoms with Gasteiger partial charge in [-0.15, -0.1) is 0 Å². The van der Waals surface area contributed by atoms with Gasteiger partial charge in [-0.3, -0.25) is 9.36 Å². The molecule has 2 aromatic rings. The van der Waals surface area contributed by atoms with E-state index in [4.69, 9.17) is 11.6 Å². The van der Waals surface area contributed by atoms with Crippen LogP contribution >= 0.6 is 27.5 Å². The highest BCUT2D eigenvalue weighted by Gasteiger charge is 2.08. The lowest BCUT2D eigenvalue weighted by molar-refractivity contribution is 0.693. The van der Waals surface area contributed by atoms with Crippen LogP contribution in [0.4, 0.5) is 0 Å². The van der Waals surface area contributed by atoms with Crippen LogP contribution in [0.15, 0.2) is 33.8 Å².